The topological polar surface area (TPSA) is 71.5 Å². The van der Waals surface area contributed by atoms with Gasteiger partial charge in [-0.3, -0.25) is 14.7 Å². The van der Waals surface area contributed by atoms with Crippen LogP contribution in [0.5, 0.6) is 5.75 Å². The third-order valence-electron chi connectivity index (χ3n) is 4.74. The number of hydrogen-bond acceptors (Lipinski definition) is 7. The molecule has 3 heterocycles. The number of aromatic nitrogens is 3. The van der Waals surface area contributed by atoms with E-state index < -0.39 is 0 Å². The third kappa shape index (κ3) is 4.18. The van der Waals surface area contributed by atoms with Crippen molar-refractivity contribution in [2.75, 3.05) is 33.3 Å². The molecule has 0 unspecified atom stereocenters. The number of hydrogen-bond donors (Lipinski definition) is 0. The van der Waals surface area contributed by atoms with Gasteiger partial charge in [-0.1, -0.05) is 0 Å². The molecule has 1 amide bonds. The first kappa shape index (κ1) is 18.5. The number of amides is 1. The molecule has 4 rings (SSSR count). The minimum absolute atomic E-state index is 0.0520. The maximum absolute atomic E-state index is 12.5. The van der Waals surface area contributed by atoms with Crippen LogP contribution in [-0.2, 0) is 6.54 Å². The number of carbonyl (C=O) groups excluding carboxylic acids is 1. The Hall–Kier alpha value is -2.84. The minimum Gasteiger partial charge on any atom is -0.497 e. The van der Waals surface area contributed by atoms with Crippen LogP contribution < -0.4 is 4.74 Å². The van der Waals surface area contributed by atoms with Crippen LogP contribution >= 0.6 is 11.3 Å². The lowest BCUT2D eigenvalue weighted by Gasteiger charge is -2.34. The molecule has 2 aromatic heterocycles. The fourth-order valence-electron chi connectivity index (χ4n) is 3.15. The zero-order valence-electron chi connectivity index (χ0n) is 15.6. The summed E-state index contributed by atoms with van der Waals surface area (Å²) in [6, 6.07) is 7.94. The average Bonchev–Trinajstić information content (AvgIpc) is 3.23. The second-order valence-corrected chi connectivity index (χ2v) is 7.46. The van der Waals surface area contributed by atoms with Crippen molar-refractivity contribution < 1.29 is 9.53 Å². The number of nitrogens with zero attached hydrogens (tertiary/aromatic N) is 5. The van der Waals surface area contributed by atoms with Crippen molar-refractivity contribution in [3.63, 3.8) is 0 Å². The number of carbonyl (C=O) groups is 1. The number of thiazole rings is 1. The van der Waals surface area contributed by atoms with E-state index >= 15 is 0 Å². The van der Waals surface area contributed by atoms with Gasteiger partial charge in [0.15, 0.2) is 0 Å². The molecule has 3 aromatic rings. The van der Waals surface area contributed by atoms with Gasteiger partial charge in [0.05, 0.1) is 25.5 Å². The summed E-state index contributed by atoms with van der Waals surface area (Å²) in [4.78, 5) is 29.5. The van der Waals surface area contributed by atoms with Crippen LogP contribution in [0.15, 0.2) is 48.2 Å². The highest BCUT2D eigenvalue weighted by atomic mass is 32.1. The SMILES string of the molecule is COc1ccc(-c2csc(CN3CCN(C(=O)c4cnccn4)CC3)n2)cc1. The molecule has 144 valence electrons. The maximum Gasteiger partial charge on any atom is 0.274 e. The first-order valence-corrected chi connectivity index (χ1v) is 9.97. The van der Waals surface area contributed by atoms with Gasteiger partial charge >= 0.3 is 0 Å². The fourth-order valence-corrected chi connectivity index (χ4v) is 3.99. The van der Waals surface area contributed by atoms with Gasteiger partial charge in [0.1, 0.15) is 16.5 Å². The molecule has 0 atom stereocenters. The van der Waals surface area contributed by atoms with Crippen LogP contribution in [0, 0.1) is 0 Å². The summed E-state index contributed by atoms with van der Waals surface area (Å²) in [6.45, 7) is 3.82. The van der Waals surface area contributed by atoms with Crippen molar-refractivity contribution in [3.8, 4) is 17.0 Å². The molecule has 1 saturated heterocycles. The van der Waals surface area contributed by atoms with E-state index in [1.807, 2.05) is 29.2 Å². The largest absolute Gasteiger partial charge is 0.497 e. The molecule has 0 spiro atoms. The zero-order valence-corrected chi connectivity index (χ0v) is 16.4. The highest BCUT2D eigenvalue weighted by Crippen LogP contribution is 2.25. The fraction of sp³-hybridized carbons (Fsp3) is 0.300. The van der Waals surface area contributed by atoms with E-state index in [2.05, 4.69) is 20.2 Å². The molecule has 0 aliphatic carbocycles. The Bertz CT molecular complexity index is 921. The standard InChI is InChI=1S/C20H21N5O2S/c1-27-16-4-2-15(3-5-16)18-14-28-19(23-18)13-24-8-10-25(11-9-24)20(26)17-12-21-6-7-22-17/h2-7,12,14H,8-11,13H2,1H3. The molecular weight excluding hydrogens is 374 g/mol. The smallest absolute Gasteiger partial charge is 0.274 e. The first-order valence-electron chi connectivity index (χ1n) is 9.09. The van der Waals surface area contributed by atoms with E-state index in [4.69, 9.17) is 9.72 Å². The Morgan fingerprint density at radius 1 is 1.14 bits per heavy atom. The number of methoxy groups -OCH3 is 1. The van der Waals surface area contributed by atoms with E-state index in [1.54, 1.807) is 30.8 Å². The van der Waals surface area contributed by atoms with E-state index in [0.717, 1.165) is 41.6 Å². The van der Waals surface area contributed by atoms with Crippen molar-refractivity contribution in [1.29, 1.82) is 0 Å². The Labute approximate surface area is 167 Å². The summed E-state index contributed by atoms with van der Waals surface area (Å²) in [6.07, 6.45) is 4.64. The molecule has 28 heavy (non-hydrogen) atoms. The van der Waals surface area contributed by atoms with Crippen LogP contribution in [0.2, 0.25) is 0 Å². The second-order valence-electron chi connectivity index (χ2n) is 6.51. The van der Waals surface area contributed by atoms with E-state index in [0.29, 0.717) is 18.8 Å². The third-order valence-corrected chi connectivity index (χ3v) is 5.57. The number of rotatable bonds is 5. The van der Waals surface area contributed by atoms with E-state index in [1.165, 1.54) is 6.20 Å². The van der Waals surface area contributed by atoms with Gasteiger partial charge in [-0.05, 0) is 24.3 Å². The van der Waals surface area contributed by atoms with Crippen LogP contribution in [0.3, 0.4) is 0 Å². The summed E-state index contributed by atoms with van der Waals surface area (Å²) < 4.78 is 5.20. The molecule has 1 aliphatic rings. The van der Waals surface area contributed by atoms with Crippen molar-refractivity contribution in [2.24, 2.45) is 0 Å². The lowest BCUT2D eigenvalue weighted by molar-refractivity contribution is 0.0622. The second kappa shape index (κ2) is 8.45. The predicted molar refractivity (Wildman–Crippen MR) is 107 cm³/mol. The molecule has 7 nitrogen and oxygen atoms in total. The average molecular weight is 395 g/mol. The van der Waals surface area contributed by atoms with Gasteiger partial charge in [-0.25, -0.2) is 9.97 Å². The normalized spacial score (nSPS) is 14.8. The van der Waals surface area contributed by atoms with Gasteiger partial charge in [0.25, 0.3) is 5.91 Å². The van der Waals surface area contributed by atoms with Gasteiger partial charge in [0.2, 0.25) is 0 Å². The highest BCUT2D eigenvalue weighted by molar-refractivity contribution is 7.09. The van der Waals surface area contributed by atoms with Crippen molar-refractivity contribution in [3.05, 3.63) is 58.9 Å². The van der Waals surface area contributed by atoms with Crippen molar-refractivity contribution >= 4 is 17.2 Å². The van der Waals surface area contributed by atoms with Crippen LogP contribution in [0.25, 0.3) is 11.3 Å². The van der Waals surface area contributed by atoms with Crippen LogP contribution in [0.4, 0.5) is 0 Å². The lowest BCUT2D eigenvalue weighted by atomic mass is 10.2. The number of piperazine rings is 1. The van der Waals surface area contributed by atoms with Crippen molar-refractivity contribution in [1.82, 2.24) is 24.8 Å². The lowest BCUT2D eigenvalue weighted by Crippen LogP contribution is -2.48. The molecule has 0 radical (unpaired) electrons. The van der Waals surface area contributed by atoms with Gasteiger partial charge in [-0.2, -0.15) is 0 Å². The number of benzene rings is 1. The predicted octanol–water partition coefficient (Wildman–Crippen LogP) is 2.57. The zero-order chi connectivity index (χ0) is 19.3. The summed E-state index contributed by atoms with van der Waals surface area (Å²) in [5.74, 6) is 0.789. The first-order chi connectivity index (χ1) is 13.7. The molecule has 8 heteroatoms. The monoisotopic (exact) mass is 395 g/mol. The molecule has 1 fully saturated rings. The Kier molecular flexibility index (Phi) is 5.59. The maximum atomic E-state index is 12.5. The minimum atomic E-state index is -0.0520. The van der Waals surface area contributed by atoms with Crippen LogP contribution in [0.1, 0.15) is 15.5 Å². The van der Waals surface area contributed by atoms with E-state index in [-0.39, 0.29) is 5.91 Å². The Balaban J connectivity index is 1.32. The molecular formula is C20H21N5O2S. The summed E-state index contributed by atoms with van der Waals surface area (Å²) in [5, 5.41) is 3.17. The van der Waals surface area contributed by atoms with Crippen molar-refractivity contribution in [2.45, 2.75) is 6.54 Å². The number of ether oxygens (including phenoxy) is 1. The van der Waals surface area contributed by atoms with Gasteiger partial charge in [-0.15, -0.1) is 11.3 Å². The highest BCUT2D eigenvalue weighted by Gasteiger charge is 2.23. The molecule has 0 saturated carbocycles. The van der Waals surface area contributed by atoms with E-state index in [9.17, 15) is 4.79 Å². The Morgan fingerprint density at radius 2 is 1.93 bits per heavy atom. The Morgan fingerprint density at radius 3 is 2.61 bits per heavy atom. The molecule has 0 N–H and O–H groups in total. The quantitative estimate of drug-likeness (QED) is 0.661. The molecule has 1 aliphatic heterocycles. The van der Waals surface area contributed by atoms with Gasteiger partial charge < -0.3 is 9.64 Å². The van der Waals surface area contributed by atoms with Crippen LogP contribution in [-0.4, -0.2) is 63.9 Å². The summed E-state index contributed by atoms with van der Waals surface area (Å²) >= 11 is 1.67. The molecule has 1 aromatic carbocycles. The summed E-state index contributed by atoms with van der Waals surface area (Å²) in [7, 11) is 1.66. The summed E-state index contributed by atoms with van der Waals surface area (Å²) in [5.41, 5.74) is 2.47. The molecule has 0 bridgehead atoms. The van der Waals surface area contributed by atoms with Gasteiger partial charge in [0, 0.05) is 49.5 Å².